The van der Waals surface area contributed by atoms with E-state index in [1.54, 1.807) is 12.3 Å². The number of alkyl halides is 3. The highest BCUT2D eigenvalue weighted by Gasteiger charge is 2.40. The van der Waals surface area contributed by atoms with Crippen LogP contribution in [0.2, 0.25) is 0 Å². The molecule has 1 aliphatic heterocycles. The smallest absolute Gasteiger partial charge is 0.435 e. The van der Waals surface area contributed by atoms with E-state index in [1.807, 2.05) is 46.0 Å². The number of hydrogen-bond donors (Lipinski definition) is 1. The maximum Gasteiger partial charge on any atom is 0.435 e. The number of benzene rings is 1. The Balaban J connectivity index is 1.57. The van der Waals surface area contributed by atoms with Crippen molar-refractivity contribution in [3.63, 3.8) is 0 Å². The minimum absolute atomic E-state index is 0.157. The first kappa shape index (κ1) is 26.5. The Morgan fingerprint density at radius 2 is 1.79 bits per heavy atom. The first-order valence-corrected chi connectivity index (χ1v) is 12.5. The standard InChI is InChI=1S/C28H28F3N5O3/c1-27(2,3)25-24-18-8-7-17(15-21(18)34(4)20(24)6-5-12-36(25)26(38)39)35-13-11-16(14-23(35)37)19-9-10-22(33-32-19)28(29,30)31/h7-11,13-15,25H,5-6,12H2,1-4H3,(H,38,39). The zero-order valence-corrected chi connectivity index (χ0v) is 22.0. The molecule has 0 aliphatic carbocycles. The summed E-state index contributed by atoms with van der Waals surface area (Å²) in [4.78, 5) is 26.8. The van der Waals surface area contributed by atoms with Crippen molar-refractivity contribution in [2.45, 2.75) is 45.8 Å². The average molecular weight is 540 g/mol. The molecule has 0 fully saturated rings. The van der Waals surface area contributed by atoms with Crippen LogP contribution in [0.15, 0.2) is 53.5 Å². The Bertz CT molecular complexity index is 1630. The Kier molecular flexibility index (Phi) is 6.27. The molecule has 0 saturated heterocycles. The molecular formula is C28H28F3N5O3. The fourth-order valence-electron chi connectivity index (χ4n) is 5.56. The fraction of sp³-hybridized carbons (Fsp3) is 0.357. The van der Waals surface area contributed by atoms with Crippen LogP contribution in [0, 0.1) is 5.41 Å². The van der Waals surface area contributed by atoms with Gasteiger partial charge < -0.3 is 14.6 Å². The number of hydrogen-bond acceptors (Lipinski definition) is 4. The lowest BCUT2D eigenvalue weighted by atomic mass is 9.80. The number of carboxylic acid groups (broad SMARTS) is 1. The van der Waals surface area contributed by atoms with Crippen LogP contribution >= 0.6 is 0 Å². The molecular weight excluding hydrogens is 511 g/mol. The average Bonchev–Trinajstić information content (AvgIpc) is 3.01. The van der Waals surface area contributed by atoms with Crippen LogP contribution in [0.3, 0.4) is 0 Å². The Labute approximate surface area is 222 Å². The number of fused-ring (bicyclic) bond motifs is 3. The number of aryl methyl sites for hydroxylation is 1. The maximum atomic E-state index is 13.1. The third-order valence-corrected chi connectivity index (χ3v) is 7.26. The molecule has 3 aromatic heterocycles. The number of carbonyl (C=O) groups is 1. The van der Waals surface area contributed by atoms with Crippen LogP contribution in [-0.4, -0.2) is 42.0 Å². The SMILES string of the molecule is Cn1c2c(c3ccc(-n4ccc(-c5ccc(C(F)(F)F)nn5)cc4=O)cc31)C(C(C)(C)C)N(C(=O)O)CCC2. The van der Waals surface area contributed by atoms with Gasteiger partial charge in [-0.2, -0.15) is 13.2 Å². The second-order valence-electron chi connectivity index (χ2n) is 10.9. The summed E-state index contributed by atoms with van der Waals surface area (Å²) in [7, 11) is 1.95. The molecule has 0 bridgehead atoms. The van der Waals surface area contributed by atoms with Crippen LogP contribution in [0.5, 0.6) is 0 Å². The van der Waals surface area contributed by atoms with E-state index in [-0.39, 0.29) is 22.7 Å². The van der Waals surface area contributed by atoms with Gasteiger partial charge in [0.1, 0.15) is 0 Å². The van der Waals surface area contributed by atoms with Crippen molar-refractivity contribution in [1.29, 1.82) is 0 Å². The van der Waals surface area contributed by atoms with Gasteiger partial charge in [-0.15, -0.1) is 10.2 Å². The van der Waals surface area contributed by atoms with Crippen molar-refractivity contribution in [3.05, 3.63) is 76.0 Å². The van der Waals surface area contributed by atoms with Crippen LogP contribution < -0.4 is 5.56 Å². The zero-order valence-electron chi connectivity index (χ0n) is 22.0. The van der Waals surface area contributed by atoms with E-state index in [9.17, 15) is 27.9 Å². The first-order valence-electron chi connectivity index (χ1n) is 12.5. The third kappa shape index (κ3) is 4.66. The Morgan fingerprint density at radius 1 is 1.05 bits per heavy atom. The monoisotopic (exact) mass is 539 g/mol. The largest absolute Gasteiger partial charge is 0.465 e. The molecule has 4 heterocycles. The molecule has 1 aliphatic rings. The molecule has 0 radical (unpaired) electrons. The second kappa shape index (κ2) is 9.25. The van der Waals surface area contributed by atoms with Gasteiger partial charge in [0.2, 0.25) is 0 Å². The number of halogens is 3. The van der Waals surface area contributed by atoms with E-state index in [1.165, 1.54) is 21.6 Å². The summed E-state index contributed by atoms with van der Waals surface area (Å²) in [6.07, 6.45) is -2.55. The van der Waals surface area contributed by atoms with Gasteiger partial charge in [-0.25, -0.2) is 4.79 Å². The van der Waals surface area contributed by atoms with Gasteiger partial charge in [0.05, 0.1) is 22.9 Å². The molecule has 1 amide bonds. The Morgan fingerprint density at radius 3 is 2.38 bits per heavy atom. The molecule has 8 nitrogen and oxygen atoms in total. The first-order chi connectivity index (χ1) is 18.3. The van der Waals surface area contributed by atoms with E-state index < -0.39 is 18.0 Å². The molecule has 0 saturated carbocycles. The summed E-state index contributed by atoms with van der Waals surface area (Å²) < 4.78 is 42.0. The van der Waals surface area contributed by atoms with Crippen molar-refractivity contribution in [2.24, 2.45) is 12.5 Å². The minimum atomic E-state index is -4.60. The van der Waals surface area contributed by atoms with Crippen LogP contribution in [0.25, 0.3) is 27.8 Å². The highest BCUT2D eigenvalue weighted by Crippen LogP contribution is 2.45. The van der Waals surface area contributed by atoms with Gasteiger partial charge in [-0.05, 0) is 48.6 Å². The molecule has 11 heteroatoms. The van der Waals surface area contributed by atoms with Gasteiger partial charge in [0.15, 0.2) is 5.69 Å². The molecule has 39 heavy (non-hydrogen) atoms. The summed E-state index contributed by atoms with van der Waals surface area (Å²) in [5.41, 5.74) is 2.24. The van der Waals surface area contributed by atoms with Crippen LogP contribution in [0.4, 0.5) is 18.0 Å². The number of amides is 1. The minimum Gasteiger partial charge on any atom is -0.465 e. The van der Waals surface area contributed by atoms with Crippen molar-refractivity contribution in [2.75, 3.05) is 6.54 Å². The normalized spacial score (nSPS) is 16.3. The number of rotatable bonds is 2. The van der Waals surface area contributed by atoms with E-state index in [2.05, 4.69) is 14.8 Å². The number of nitrogens with zero attached hydrogens (tertiary/aromatic N) is 5. The lowest BCUT2D eigenvalue weighted by Crippen LogP contribution is -2.40. The number of pyridine rings is 1. The highest BCUT2D eigenvalue weighted by atomic mass is 19.4. The topological polar surface area (TPSA) is 93.3 Å². The number of aromatic nitrogens is 4. The van der Waals surface area contributed by atoms with Gasteiger partial charge in [-0.3, -0.25) is 9.36 Å². The molecule has 204 valence electrons. The molecule has 0 spiro atoms. The molecule has 1 atom stereocenters. The van der Waals surface area contributed by atoms with E-state index in [4.69, 9.17) is 0 Å². The maximum absolute atomic E-state index is 13.1. The summed E-state index contributed by atoms with van der Waals surface area (Å²) in [6, 6.07) is 10.2. The predicted molar refractivity (Wildman–Crippen MR) is 140 cm³/mol. The molecule has 1 aromatic carbocycles. The van der Waals surface area contributed by atoms with Gasteiger partial charge >= 0.3 is 12.3 Å². The molecule has 1 N–H and O–H groups in total. The second-order valence-corrected chi connectivity index (χ2v) is 10.9. The van der Waals surface area contributed by atoms with Crippen molar-refractivity contribution in [3.8, 4) is 16.9 Å². The van der Waals surface area contributed by atoms with Crippen molar-refractivity contribution >= 4 is 17.0 Å². The predicted octanol–water partition coefficient (Wildman–Crippen LogP) is 5.82. The van der Waals surface area contributed by atoms with Crippen LogP contribution in [-0.2, 0) is 19.6 Å². The Hall–Kier alpha value is -4.15. The van der Waals surface area contributed by atoms with Gasteiger partial charge in [0.25, 0.3) is 5.56 Å². The summed E-state index contributed by atoms with van der Waals surface area (Å²) in [5.74, 6) is 0. The lowest BCUT2D eigenvalue weighted by molar-refractivity contribution is -0.141. The fourth-order valence-corrected chi connectivity index (χ4v) is 5.56. The zero-order chi connectivity index (χ0) is 28.3. The lowest BCUT2D eigenvalue weighted by Gasteiger charge is -2.38. The van der Waals surface area contributed by atoms with Crippen molar-refractivity contribution < 1.29 is 23.1 Å². The van der Waals surface area contributed by atoms with E-state index >= 15 is 0 Å². The van der Waals surface area contributed by atoms with Crippen molar-refractivity contribution in [1.82, 2.24) is 24.2 Å². The highest BCUT2D eigenvalue weighted by molar-refractivity contribution is 5.88. The molecule has 4 aromatic rings. The van der Waals surface area contributed by atoms with E-state index in [0.717, 1.165) is 34.6 Å². The van der Waals surface area contributed by atoms with Gasteiger partial charge in [0, 0.05) is 48.1 Å². The summed E-state index contributed by atoms with van der Waals surface area (Å²) in [6.45, 7) is 6.57. The summed E-state index contributed by atoms with van der Waals surface area (Å²) in [5, 5.41) is 17.8. The summed E-state index contributed by atoms with van der Waals surface area (Å²) >= 11 is 0. The molecule has 5 rings (SSSR count). The van der Waals surface area contributed by atoms with Gasteiger partial charge in [-0.1, -0.05) is 26.8 Å². The molecule has 1 unspecified atom stereocenters. The van der Waals surface area contributed by atoms with Crippen LogP contribution in [0.1, 0.15) is 50.2 Å². The van der Waals surface area contributed by atoms with E-state index in [0.29, 0.717) is 24.2 Å². The third-order valence-electron chi connectivity index (χ3n) is 7.26. The quantitative estimate of drug-likeness (QED) is 0.347.